The molecule has 0 atom stereocenters. The molecule has 0 aliphatic rings. The molecule has 5 nitrogen and oxygen atoms in total. The zero-order chi connectivity index (χ0) is 13.4. The first kappa shape index (κ1) is 15.1. The van der Waals surface area contributed by atoms with Crippen molar-refractivity contribution in [2.75, 3.05) is 19.8 Å². The smallest absolute Gasteiger partial charge is 0.253 e. The van der Waals surface area contributed by atoms with E-state index in [4.69, 9.17) is 9.47 Å². The number of nitrogens with zero attached hydrogens (tertiary/aromatic N) is 1. The monoisotopic (exact) mass is 316 g/mol. The quantitative estimate of drug-likeness (QED) is 0.617. The third-order valence-electron chi connectivity index (χ3n) is 2.12. The van der Waals surface area contributed by atoms with E-state index in [1.54, 1.807) is 12.1 Å². The lowest BCUT2D eigenvalue weighted by molar-refractivity contribution is -0.131. The first-order valence-electron chi connectivity index (χ1n) is 5.80. The Balaban J connectivity index is 2.46. The van der Waals surface area contributed by atoms with E-state index in [0.29, 0.717) is 29.9 Å². The molecule has 0 unspecified atom stereocenters. The second kappa shape index (κ2) is 8.18. The van der Waals surface area contributed by atoms with E-state index >= 15 is 0 Å². The number of aromatic nitrogens is 1. The van der Waals surface area contributed by atoms with Crippen molar-refractivity contribution in [3.8, 4) is 0 Å². The molecule has 18 heavy (non-hydrogen) atoms. The maximum atomic E-state index is 11.8. The highest BCUT2D eigenvalue weighted by Gasteiger charge is 2.11. The van der Waals surface area contributed by atoms with Crippen molar-refractivity contribution >= 4 is 21.8 Å². The zero-order valence-electron chi connectivity index (χ0n) is 10.5. The number of rotatable bonds is 7. The van der Waals surface area contributed by atoms with Gasteiger partial charge >= 0.3 is 0 Å². The molecule has 1 N–H and O–H groups in total. The van der Waals surface area contributed by atoms with E-state index in [1.165, 1.54) is 6.20 Å². The second-order valence-corrected chi connectivity index (χ2v) is 4.23. The van der Waals surface area contributed by atoms with Crippen LogP contribution in [0.15, 0.2) is 22.9 Å². The highest BCUT2D eigenvalue weighted by atomic mass is 79.9. The molecule has 6 heteroatoms. The van der Waals surface area contributed by atoms with Crippen molar-refractivity contribution in [1.29, 1.82) is 0 Å². The van der Waals surface area contributed by atoms with Gasteiger partial charge in [0.05, 0.1) is 12.1 Å². The zero-order valence-corrected chi connectivity index (χ0v) is 12.1. The van der Waals surface area contributed by atoms with Gasteiger partial charge in [-0.3, -0.25) is 4.79 Å². The standard InChI is InChI=1S/C12H17BrN2O3/c1-3-17-11(18-4-2)8-15-12(16)9-5-6-10(13)14-7-9/h5-7,11H,3-4,8H2,1-2H3,(H,15,16). The number of carbonyl (C=O) groups excluding carboxylic acids is 1. The van der Waals surface area contributed by atoms with E-state index in [1.807, 2.05) is 13.8 Å². The Labute approximate surface area is 115 Å². The predicted molar refractivity (Wildman–Crippen MR) is 71.3 cm³/mol. The largest absolute Gasteiger partial charge is 0.351 e. The fourth-order valence-electron chi connectivity index (χ4n) is 1.33. The minimum Gasteiger partial charge on any atom is -0.351 e. The van der Waals surface area contributed by atoms with Crippen LogP contribution in [0.4, 0.5) is 0 Å². The Morgan fingerprint density at radius 1 is 1.39 bits per heavy atom. The van der Waals surface area contributed by atoms with Crippen molar-refractivity contribution in [2.24, 2.45) is 0 Å². The Morgan fingerprint density at radius 3 is 2.56 bits per heavy atom. The lowest BCUT2D eigenvalue weighted by atomic mass is 10.3. The van der Waals surface area contributed by atoms with E-state index in [9.17, 15) is 4.79 Å². The summed E-state index contributed by atoms with van der Waals surface area (Å²) in [5, 5.41) is 2.74. The molecule has 0 radical (unpaired) electrons. The van der Waals surface area contributed by atoms with Gasteiger partial charge in [0, 0.05) is 19.4 Å². The third kappa shape index (κ3) is 5.12. The lowest BCUT2D eigenvalue weighted by Crippen LogP contribution is -2.35. The van der Waals surface area contributed by atoms with Crippen molar-refractivity contribution in [2.45, 2.75) is 20.1 Å². The maximum absolute atomic E-state index is 11.8. The van der Waals surface area contributed by atoms with Gasteiger partial charge in [-0.2, -0.15) is 0 Å². The summed E-state index contributed by atoms with van der Waals surface area (Å²) < 4.78 is 11.4. The van der Waals surface area contributed by atoms with Gasteiger partial charge < -0.3 is 14.8 Å². The van der Waals surface area contributed by atoms with Crippen LogP contribution < -0.4 is 5.32 Å². The van der Waals surface area contributed by atoms with Crippen molar-refractivity contribution in [1.82, 2.24) is 10.3 Å². The second-order valence-electron chi connectivity index (χ2n) is 3.42. The van der Waals surface area contributed by atoms with Crippen LogP contribution in [0.2, 0.25) is 0 Å². The van der Waals surface area contributed by atoms with Gasteiger partial charge in [-0.15, -0.1) is 0 Å². The van der Waals surface area contributed by atoms with Crippen LogP contribution in [0.3, 0.4) is 0 Å². The average Bonchev–Trinajstić information content (AvgIpc) is 2.37. The summed E-state index contributed by atoms with van der Waals surface area (Å²) in [5.74, 6) is -0.195. The SMILES string of the molecule is CCOC(CNC(=O)c1ccc(Br)nc1)OCC. The normalized spacial score (nSPS) is 10.7. The molecule has 0 bridgehead atoms. The first-order chi connectivity index (χ1) is 8.67. The molecular weight excluding hydrogens is 300 g/mol. The summed E-state index contributed by atoms with van der Waals surface area (Å²) >= 11 is 3.22. The summed E-state index contributed by atoms with van der Waals surface area (Å²) in [6.07, 6.45) is 1.10. The van der Waals surface area contributed by atoms with Crippen LogP contribution in [0.25, 0.3) is 0 Å². The van der Waals surface area contributed by atoms with Crippen molar-refractivity contribution in [3.05, 3.63) is 28.5 Å². The number of pyridine rings is 1. The van der Waals surface area contributed by atoms with Gasteiger partial charge in [0.25, 0.3) is 5.91 Å². The van der Waals surface area contributed by atoms with Gasteiger partial charge in [0.15, 0.2) is 6.29 Å². The molecule has 1 aromatic heterocycles. The highest BCUT2D eigenvalue weighted by Crippen LogP contribution is 2.06. The number of ether oxygens (including phenoxy) is 2. The van der Waals surface area contributed by atoms with E-state index in [2.05, 4.69) is 26.2 Å². The summed E-state index contributed by atoms with van der Waals surface area (Å²) in [6.45, 7) is 5.16. The van der Waals surface area contributed by atoms with Crippen LogP contribution in [-0.2, 0) is 9.47 Å². The summed E-state index contributed by atoms with van der Waals surface area (Å²) in [5.41, 5.74) is 0.505. The van der Waals surface area contributed by atoms with Gasteiger partial charge in [0.1, 0.15) is 4.60 Å². The van der Waals surface area contributed by atoms with Gasteiger partial charge in [-0.05, 0) is 41.9 Å². The van der Waals surface area contributed by atoms with Crippen LogP contribution in [0.5, 0.6) is 0 Å². The Hall–Kier alpha value is -0.980. The number of amides is 1. The molecule has 100 valence electrons. The molecule has 1 aromatic rings. The van der Waals surface area contributed by atoms with Crippen LogP contribution >= 0.6 is 15.9 Å². The summed E-state index contributed by atoms with van der Waals surface area (Å²) in [4.78, 5) is 15.8. The Bertz CT molecular complexity index is 364. The first-order valence-corrected chi connectivity index (χ1v) is 6.59. The molecule has 0 saturated heterocycles. The van der Waals surface area contributed by atoms with Gasteiger partial charge in [-0.1, -0.05) is 0 Å². The number of hydrogen-bond donors (Lipinski definition) is 1. The van der Waals surface area contributed by atoms with Crippen LogP contribution in [0.1, 0.15) is 24.2 Å². The molecule has 0 aliphatic carbocycles. The molecule has 0 spiro atoms. The van der Waals surface area contributed by atoms with Crippen molar-refractivity contribution in [3.63, 3.8) is 0 Å². The number of carbonyl (C=O) groups is 1. The molecule has 0 fully saturated rings. The molecule has 1 heterocycles. The van der Waals surface area contributed by atoms with Crippen molar-refractivity contribution < 1.29 is 14.3 Å². The minimum absolute atomic E-state index is 0.195. The van der Waals surface area contributed by atoms with Crippen LogP contribution in [-0.4, -0.2) is 36.9 Å². The molecule has 1 rings (SSSR count). The van der Waals surface area contributed by atoms with E-state index < -0.39 is 6.29 Å². The highest BCUT2D eigenvalue weighted by molar-refractivity contribution is 9.10. The number of halogens is 1. The number of hydrogen-bond acceptors (Lipinski definition) is 4. The summed E-state index contributed by atoms with van der Waals surface area (Å²) in [6, 6.07) is 3.42. The molecular formula is C12H17BrN2O3. The molecule has 0 aromatic carbocycles. The average molecular weight is 317 g/mol. The van der Waals surface area contributed by atoms with Gasteiger partial charge in [0.2, 0.25) is 0 Å². The lowest BCUT2D eigenvalue weighted by Gasteiger charge is -2.17. The fourth-order valence-corrected chi connectivity index (χ4v) is 1.56. The van der Waals surface area contributed by atoms with Crippen LogP contribution in [0, 0.1) is 0 Å². The van der Waals surface area contributed by atoms with E-state index in [-0.39, 0.29) is 5.91 Å². The summed E-state index contributed by atoms with van der Waals surface area (Å²) in [7, 11) is 0. The minimum atomic E-state index is -0.410. The van der Waals surface area contributed by atoms with Gasteiger partial charge in [-0.25, -0.2) is 4.98 Å². The Kier molecular flexibility index (Phi) is 6.85. The third-order valence-corrected chi connectivity index (χ3v) is 2.59. The molecule has 0 aliphatic heterocycles. The topological polar surface area (TPSA) is 60.5 Å². The molecule has 1 amide bonds. The van der Waals surface area contributed by atoms with E-state index in [0.717, 1.165) is 0 Å². The molecule has 0 saturated carbocycles. The maximum Gasteiger partial charge on any atom is 0.253 e. The fraction of sp³-hybridized carbons (Fsp3) is 0.500. The number of nitrogens with one attached hydrogen (secondary N) is 1. The Morgan fingerprint density at radius 2 is 2.06 bits per heavy atom. The predicted octanol–water partition coefficient (Wildman–Crippen LogP) is 1.97.